The number of amides is 1. The topological polar surface area (TPSA) is 56.8 Å². The van der Waals surface area contributed by atoms with Gasteiger partial charge in [0.15, 0.2) is 11.5 Å². The standard InChI is InChI=1S/C26H26FNO4/c1-2-30-25-18-20(11-15-26(29)28-19-21-8-12-22(27)13-9-21)10-14-24(25)32-17-16-31-23-6-4-3-5-7-23/h3-15,18H,2,16-17,19H2,1H3,(H,28,29)/b15-11+. The van der Waals surface area contributed by atoms with Gasteiger partial charge in [-0.25, -0.2) is 4.39 Å². The summed E-state index contributed by atoms with van der Waals surface area (Å²) in [6, 6.07) is 21.0. The number of nitrogens with one attached hydrogen (secondary N) is 1. The van der Waals surface area contributed by atoms with Crippen molar-refractivity contribution in [2.24, 2.45) is 0 Å². The Hall–Kier alpha value is -3.80. The molecule has 6 heteroatoms. The van der Waals surface area contributed by atoms with Crippen LogP contribution in [0.25, 0.3) is 6.08 Å². The highest BCUT2D eigenvalue weighted by Gasteiger charge is 2.06. The Kier molecular flexibility index (Phi) is 8.69. The first-order chi connectivity index (χ1) is 15.6. The van der Waals surface area contributed by atoms with Crippen molar-refractivity contribution in [2.75, 3.05) is 19.8 Å². The molecular weight excluding hydrogens is 409 g/mol. The second kappa shape index (κ2) is 12.2. The zero-order valence-corrected chi connectivity index (χ0v) is 17.9. The van der Waals surface area contributed by atoms with Gasteiger partial charge in [-0.1, -0.05) is 36.4 Å². The van der Waals surface area contributed by atoms with E-state index in [1.54, 1.807) is 18.2 Å². The van der Waals surface area contributed by atoms with Crippen molar-refractivity contribution in [3.8, 4) is 17.2 Å². The van der Waals surface area contributed by atoms with Crippen LogP contribution in [0.4, 0.5) is 4.39 Å². The number of ether oxygens (including phenoxy) is 3. The lowest BCUT2D eigenvalue weighted by atomic mass is 10.2. The summed E-state index contributed by atoms with van der Waals surface area (Å²) >= 11 is 0. The molecule has 1 amide bonds. The van der Waals surface area contributed by atoms with Gasteiger partial charge < -0.3 is 19.5 Å². The minimum absolute atomic E-state index is 0.245. The fourth-order valence-electron chi connectivity index (χ4n) is 2.87. The van der Waals surface area contributed by atoms with Crippen LogP contribution in [-0.2, 0) is 11.3 Å². The molecule has 1 N–H and O–H groups in total. The van der Waals surface area contributed by atoms with Gasteiger partial charge in [-0.2, -0.15) is 0 Å². The summed E-state index contributed by atoms with van der Waals surface area (Å²) in [6.45, 7) is 3.49. The lowest BCUT2D eigenvalue weighted by Crippen LogP contribution is -2.20. The van der Waals surface area contributed by atoms with Gasteiger partial charge in [0.25, 0.3) is 0 Å². The highest BCUT2D eigenvalue weighted by Crippen LogP contribution is 2.29. The van der Waals surface area contributed by atoms with Crippen LogP contribution in [-0.4, -0.2) is 25.7 Å². The Morgan fingerprint density at radius 1 is 0.906 bits per heavy atom. The third-order valence-electron chi connectivity index (χ3n) is 4.43. The molecule has 0 bridgehead atoms. The summed E-state index contributed by atoms with van der Waals surface area (Å²) < 4.78 is 30.1. The van der Waals surface area contributed by atoms with Crippen molar-refractivity contribution in [3.05, 3.63) is 95.8 Å². The van der Waals surface area contributed by atoms with E-state index in [0.717, 1.165) is 16.9 Å². The average Bonchev–Trinajstić information content (AvgIpc) is 2.82. The van der Waals surface area contributed by atoms with Crippen molar-refractivity contribution in [3.63, 3.8) is 0 Å². The quantitative estimate of drug-likeness (QED) is 0.340. The van der Waals surface area contributed by atoms with E-state index in [2.05, 4.69) is 5.32 Å². The van der Waals surface area contributed by atoms with Crippen LogP contribution in [0.3, 0.4) is 0 Å². The number of hydrogen-bond acceptors (Lipinski definition) is 4. The van der Waals surface area contributed by atoms with Gasteiger partial charge >= 0.3 is 0 Å². The normalized spacial score (nSPS) is 10.7. The first kappa shape index (κ1) is 22.9. The molecule has 5 nitrogen and oxygen atoms in total. The molecule has 0 heterocycles. The summed E-state index contributed by atoms with van der Waals surface area (Å²) in [5.41, 5.74) is 1.63. The molecule has 0 saturated carbocycles. The molecule has 0 fully saturated rings. The molecule has 0 aliphatic carbocycles. The lowest BCUT2D eigenvalue weighted by molar-refractivity contribution is -0.116. The second-order valence-corrected chi connectivity index (χ2v) is 6.83. The molecule has 3 aromatic carbocycles. The van der Waals surface area contributed by atoms with E-state index in [4.69, 9.17) is 14.2 Å². The number of carbonyl (C=O) groups excluding carboxylic acids is 1. The van der Waals surface area contributed by atoms with Crippen LogP contribution in [0, 0.1) is 5.82 Å². The van der Waals surface area contributed by atoms with Crippen LogP contribution in [0.1, 0.15) is 18.1 Å². The van der Waals surface area contributed by atoms with Crippen molar-refractivity contribution < 1.29 is 23.4 Å². The predicted molar refractivity (Wildman–Crippen MR) is 122 cm³/mol. The fourth-order valence-corrected chi connectivity index (χ4v) is 2.87. The van der Waals surface area contributed by atoms with E-state index in [1.807, 2.05) is 55.5 Å². The molecule has 0 saturated heterocycles. The summed E-state index contributed by atoms with van der Waals surface area (Å²) in [4.78, 5) is 12.1. The second-order valence-electron chi connectivity index (χ2n) is 6.83. The SMILES string of the molecule is CCOc1cc(/C=C/C(=O)NCc2ccc(F)cc2)ccc1OCCOc1ccccc1. The van der Waals surface area contributed by atoms with Crippen molar-refractivity contribution in [1.29, 1.82) is 0 Å². The van der Waals surface area contributed by atoms with Crippen LogP contribution < -0.4 is 19.5 Å². The predicted octanol–water partition coefficient (Wildman–Crippen LogP) is 5.01. The molecule has 166 valence electrons. The summed E-state index contributed by atoms with van der Waals surface area (Å²) in [7, 11) is 0. The third kappa shape index (κ3) is 7.47. The largest absolute Gasteiger partial charge is 0.490 e. The zero-order valence-electron chi connectivity index (χ0n) is 17.9. The van der Waals surface area contributed by atoms with E-state index in [-0.39, 0.29) is 11.7 Å². The Morgan fingerprint density at radius 3 is 2.41 bits per heavy atom. The molecule has 32 heavy (non-hydrogen) atoms. The van der Waals surface area contributed by atoms with Crippen molar-refractivity contribution in [2.45, 2.75) is 13.5 Å². The zero-order chi connectivity index (χ0) is 22.6. The third-order valence-corrected chi connectivity index (χ3v) is 4.43. The summed E-state index contributed by atoms with van der Waals surface area (Å²) in [5, 5.41) is 2.77. The summed E-state index contributed by atoms with van der Waals surface area (Å²) in [5.74, 6) is 1.45. The number of rotatable bonds is 11. The van der Waals surface area contributed by atoms with Crippen LogP contribution in [0.15, 0.2) is 78.9 Å². The Bertz CT molecular complexity index is 1020. The van der Waals surface area contributed by atoms with Gasteiger partial charge in [0, 0.05) is 12.6 Å². The summed E-state index contributed by atoms with van der Waals surface area (Å²) in [6.07, 6.45) is 3.15. The molecule has 0 spiro atoms. The average molecular weight is 435 g/mol. The van der Waals surface area contributed by atoms with Crippen molar-refractivity contribution in [1.82, 2.24) is 5.32 Å². The number of para-hydroxylation sites is 1. The highest BCUT2D eigenvalue weighted by atomic mass is 19.1. The molecule has 0 aliphatic heterocycles. The van der Waals surface area contributed by atoms with E-state index in [1.165, 1.54) is 18.2 Å². The van der Waals surface area contributed by atoms with Gasteiger partial charge in [-0.05, 0) is 60.5 Å². The lowest BCUT2D eigenvalue weighted by Gasteiger charge is -2.13. The number of hydrogen-bond donors (Lipinski definition) is 1. The van der Waals surface area contributed by atoms with Gasteiger partial charge in [-0.15, -0.1) is 0 Å². The Balaban J connectivity index is 1.52. The van der Waals surface area contributed by atoms with Crippen LogP contribution in [0.2, 0.25) is 0 Å². The Labute approximate surface area is 187 Å². The van der Waals surface area contributed by atoms with E-state index in [0.29, 0.717) is 37.9 Å². The maximum absolute atomic E-state index is 12.9. The molecule has 0 unspecified atom stereocenters. The minimum atomic E-state index is -0.304. The molecule has 0 aromatic heterocycles. The number of carbonyl (C=O) groups is 1. The van der Waals surface area contributed by atoms with Gasteiger partial charge in [-0.3, -0.25) is 4.79 Å². The molecule has 0 aliphatic rings. The van der Waals surface area contributed by atoms with E-state index >= 15 is 0 Å². The Morgan fingerprint density at radius 2 is 1.66 bits per heavy atom. The smallest absolute Gasteiger partial charge is 0.244 e. The first-order valence-electron chi connectivity index (χ1n) is 10.4. The highest BCUT2D eigenvalue weighted by molar-refractivity contribution is 5.91. The van der Waals surface area contributed by atoms with Gasteiger partial charge in [0.05, 0.1) is 6.61 Å². The molecule has 0 radical (unpaired) electrons. The molecule has 3 aromatic rings. The molecular formula is C26H26FNO4. The maximum Gasteiger partial charge on any atom is 0.244 e. The molecule has 3 rings (SSSR count). The van der Waals surface area contributed by atoms with Crippen LogP contribution >= 0.6 is 0 Å². The van der Waals surface area contributed by atoms with Gasteiger partial charge in [0.1, 0.15) is 24.8 Å². The number of halogens is 1. The number of benzene rings is 3. The fraction of sp³-hybridized carbons (Fsp3) is 0.192. The minimum Gasteiger partial charge on any atom is -0.490 e. The van der Waals surface area contributed by atoms with E-state index in [9.17, 15) is 9.18 Å². The van der Waals surface area contributed by atoms with Gasteiger partial charge in [0.2, 0.25) is 5.91 Å². The van der Waals surface area contributed by atoms with E-state index < -0.39 is 0 Å². The monoisotopic (exact) mass is 435 g/mol. The van der Waals surface area contributed by atoms with Crippen molar-refractivity contribution >= 4 is 12.0 Å². The van der Waals surface area contributed by atoms with Crippen LogP contribution in [0.5, 0.6) is 17.2 Å². The maximum atomic E-state index is 12.9. The molecule has 0 atom stereocenters. The first-order valence-corrected chi connectivity index (χ1v) is 10.4.